The van der Waals surface area contributed by atoms with E-state index in [1.54, 1.807) is 0 Å². The van der Waals surface area contributed by atoms with Crippen molar-refractivity contribution in [2.45, 2.75) is 31.8 Å². The number of rotatable bonds is 3. The van der Waals surface area contributed by atoms with Gasteiger partial charge in [0.2, 0.25) is 5.89 Å². The molecule has 80 valence electrons. The van der Waals surface area contributed by atoms with Gasteiger partial charge in [0.05, 0.1) is 6.04 Å². The number of nitrogens with one attached hydrogen (secondary N) is 1. The molecular weight excluding hydrogens is 204 g/mol. The van der Waals surface area contributed by atoms with Crippen molar-refractivity contribution < 1.29 is 4.52 Å². The summed E-state index contributed by atoms with van der Waals surface area (Å²) in [5, 5.41) is 7.05. The van der Waals surface area contributed by atoms with Crippen molar-refractivity contribution in [1.82, 2.24) is 15.5 Å². The van der Waals surface area contributed by atoms with Gasteiger partial charge in [0, 0.05) is 12.5 Å². The van der Waals surface area contributed by atoms with Gasteiger partial charge >= 0.3 is 0 Å². The number of hydrogen-bond acceptors (Lipinski definition) is 5. The summed E-state index contributed by atoms with van der Waals surface area (Å²) in [7, 11) is 0. The van der Waals surface area contributed by atoms with Crippen LogP contribution in [-0.4, -0.2) is 22.7 Å². The van der Waals surface area contributed by atoms with E-state index in [0.717, 1.165) is 13.0 Å². The molecule has 2 atom stereocenters. The summed E-state index contributed by atoms with van der Waals surface area (Å²) in [6.45, 7) is 2.97. The van der Waals surface area contributed by atoms with Gasteiger partial charge in [-0.2, -0.15) is 4.98 Å². The number of halogens is 1. The lowest BCUT2D eigenvalue weighted by atomic mass is 10.1. The van der Waals surface area contributed by atoms with Gasteiger partial charge in [-0.25, -0.2) is 0 Å². The fourth-order valence-electron chi connectivity index (χ4n) is 1.28. The Morgan fingerprint density at radius 2 is 2.43 bits per heavy atom. The monoisotopic (exact) mass is 218 g/mol. The molecule has 1 aromatic heterocycles. The molecule has 2 heterocycles. The summed E-state index contributed by atoms with van der Waals surface area (Å²) in [5.41, 5.74) is 5.62. The highest BCUT2D eigenvalue weighted by molar-refractivity contribution is 5.85. The van der Waals surface area contributed by atoms with E-state index in [1.807, 2.05) is 6.92 Å². The topological polar surface area (TPSA) is 77.0 Å². The molecule has 1 aliphatic heterocycles. The van der Waals surface area contributed by atoms with Gasteiger partial charge in [-0.15, -0.1) is 12.4 Å². The molecule has 0 radical (unpaired) electrons. The summed E-state index contributed by atoms with van der Waals surface area (Å²) in [5.74, 6) is 1.40. The zero-order valence-corrected chi connectivity index (χ0v) is 8.88. The molecule has 3 N–H and O–H groups in total. The molecule has 0 aliphatic carbocycles. The highest BCUT2D eigenvalue weighted by Crippen LogP contribution is 2.20. The number of nitrogens with zero attached hydrogens (tertiary/aromatic N) is 2. The van der Waals surface area contributed by atoms with Gasteiger partial charge in [-0.05, 0) is 19.9 Å². The molecule has 1 saturated heterocycles. The Morgan fingerprint density at radius 3 is 2.93 bits per heavy atom. The van der Waals surface area contributed by atoms with Gasteiger partial charge in [0.1, 0.15) is 0 Å². The minimum Gasteiger partial charge on any atom is -0.338 e. The second kappa shape index (κ2) is 4.72. The number of aromatic nitrogens is 2. The molecule has 0 amide bonds. The number of nitrogens with two attached hydrogens (primary N) is 1. The van der Waals surface area contributed by atoms with Crippen LogP contribution >= 0.6 is 12.4 Å². The minimum absolute atomic E-state index is 0. The molecule has 0 spiro atoms. The second-order valence-corrected chi connectivity index (χ2v) is 3.53. The van der Waals surface area contributed by atoms with E-state index < -0.39 is 0 Å². The van der Waals surface area contributed by atoms with Crippen molar-refractivity contribution in [3.63, 3.8) is 0 Å². The van der Waals surface area contributed by atoms with Crippen LogP contribution in [0.2, 0.25) is 0 Å². The molecular formula is C8H15ClN4O. The Labute approximate surface area is 88.8 Å². The predicted molar refractivity (Wildman–Crippen MR) is 54.3 cm³/mol. The van der Waals surface area contributed by atoms with Crippen molar-refractivity contribution in [2.24, 2.45) is 5.73 Å². The summed E-state index contributed by atoms with van der Waals surface area (Å²) < 4.78 is 5.09. The lowest BCUT2D eigenvalue weighted by molar-refractivity contribution is 0.272. The molecule has 6 heteroatoms. The molecule has 1 aromatic rings. The van der Waals surface area contributed by atoms with Crippen molar-refractivity contribution in [3.8, 4) is 0 Å². The molecule has 1 unspecified atom stereocenters. The quantitative estimate of drug-likeness (QED) is 0.769. The van der Waals surface area contributed by atoms with Crippen LogP contribution in [0.25, 0.3) is 0 Å². The third kappa shape index (κ3) is 2.43. The second-order valence-electron chi connectivity index (χ2n) is 3.53. The van der Waals surface area contributed by atoms with Crippen LogP contribution < -0.4 is 11.1 Å². The summed E-state index contributed by atoms with van der Waals surface area (Å²) in [4.78, 5) is 4.25. The van der Waals surface area contributed by atoms with Gasteiger partial charge in [-0.1, -0.05) is 5.16 Å². The molecule has 5 nitrogen and oxygen atoms in total. The van der Waals surface area contributed by atoms with Crippen LogP contribution in [0.15, 0.2) is 4.52 Å². The SMILES string of the molecule is CC(N)Cc1noc([C@H]2CCN2)n1.Cl. The first kappa shape index (κ1) is 11.4. The Balaban J connectivity index is 0.000000980. The fraction of sp³-hybridized carbons (Fsp3) is 0.750. The average molecular weight is 219 g/mol. The highest BCUT2D eigenvalue weighted by Gasteiger charge is 2.24. The Hall–Kier alpha value is -0.650. The zero-order valence-electron chi connectivity index (χ0n) is 8.06. The molecule has 0 aromatic carbocycles. The standard InChI is InChI=1S/C8H14N4O.ClH/c1-5(9)4-7-11-8(13-12-7)6-2-3-10-6;/h5-6,10H,2-4,9H2,1H3;1H/t5?,6-;/m1./s1. The first-order chi connectivity index (χ1) is 6.25. The van der Waals surface area contributed by atoms with E-state index in [0.29, 0.717) is 18.1 Å². The van der Waals surface area contributed by atoms with Gasteiger partial charge in [0.25, 0.3) is 0 Å². The predicted octanol–water partition coefficient (Wildman–Crippen LogP) is 0.415. The van der Waals surface area contributed by atoms with E-state index in [9.17, 15) is 0 Å². The van der Waals surface area contributed by atoms with Crippen LogP contribution in [0, 0.1) is 0 Å². The van der Waals surface area contributed by atoms with Crippen molar-refractivity contribution >= 4 is 12.4 Å². The third-order valence-corrected chi connectivity index (χ3v) is 2.11. The first-order valence-electron chi connectivity index (χ1n) is 4.57. The molecule has 1 aliphatic rings. The van der Waals surface area contributed by atoms with Crippen molar-refractivity contribution in [1.29, 1.82) is 0 Å². The highest BCUT2D eigenvalue weighted by atomic mass is 35.5. The maximum absolute atomic E-state index is 5.62. The Bertz CT molecular complexity index is 285. The first-order valence-corrected chi connectivity index (χ1v) is 4.57. The van der Waals surface area contributed by atoms with E-state index in [1.165, 1.54) is 0 Å². The van der Waals surface area contributed by atoms with Crippen LogP contribution in [0.3, 0.4) is 0 Å². The van der Waals surface area contributed by atoms with E-state index in [-0.39, 0.29) is 24.5 Å². The normalized spacial score (nSPS) is 22.3. The summed E-state index contributed by atoms with van der Waals surface area (Å²) in [6.07, 6.45) is 1.76. The fourth-order valence-corrected chi connectivity index (χ4v) is 1.28. The molecule has 1 fully saturated rings. The van der Waals surface area contributed by atoms with Crippen molar-refractivity contribution in [3.05, 3.63) is 11.7 Å². The van der Waals surface area contributed by atoms with Crippen LogP contribution in [0.5, 0.6) is 0 Å². The third-order valence-electron chi connectivity index (χ3n) is 2.11. The van der Waals surface area contributed by atoms with E-state index >= 15 is 0 Å². The molecule has 0 saturated carbocycles. The van der Waals surface area contributed by atoms with Crippen LogP contribution in [-0.2, 0) is 6.42 Å². The smallest absolute Gasteiger partial charge is 0.243 e. The zero-order chi connectivity index (χ0) is 9.26. The van der Waals surface area contributed by atoms with E-state index in [4.69, 9.17) is 10.3 Å². The summed E-state index contributed by atoms with van der Waals surface area (Å²) >= 11 is 0. The molecule has 14 heavy (non-hydrogen) atoms. The molecule has 0 bridgehead atoms. The van der Waals surface area contributed by atoms with Crippen molar-refractivity contribution in [2.75, 3.05) is 6.54 Å². The summed E-state index contributed by atoms with van der Waals surface area (Å²) in [6, 6.07) is 0.356. The minimum atomic E-state index is 0. The Morgan fingerprint density at radius 1 is 1.71 bits per heavy atom. The largest absolute Gasteiger partial charge is 0.338 e. The lowest BCUT2D eigenvalue weighted by Crippen LogP contribution is -2.35. The molecule has 2 rings (SSSR count). The maximum atomic E-state index is 5.62. The van der Waals surface area contributed by atoms with Gasteiger partial charge in [0.15, 0.2) is 5.82 Å². The van der Waals surface area contributed by atoms with E-state index in [2.05, 4.69) is 15.5 Å². The van der Waals surface area contributed by atoms with Gasteiger partial charge < -0.3 is 15.6 Å². The average Bonchev–Trinajstić information content (AvgIpc) is 2.31. The van der Waals surface area contributed by atoms with Gasteiger partial charge in [-0.3, -0.25) is 0 Å². The lowest BCUT2D eigenvalue weighted by Gasteiger charge is -2.23. The van der Waals surface area contributed by atoms with Crippen LogP contribution in [0.1, 0.15) is 31.1 Å². The number of hydrogen-bond donors (Lipinski definition) is 2. The Kier molecular flexibility index (Phi) is 3.86. The maximum Gasteiger partial charge on any atom is 0.243 e. The van der Waals surface area contributed by atoms with Crippen LogP contribution in [0.4, 0.5) is 0 Å².